The van der Waals surface area contributed by atoms with Crippen LogP contribution in [0.4, 0.5) is 5.82 Å². The minimum Gasteiger partial charge on any atom is -0.358 e. The zero-order valence-electron chi connectivity index (χ0n) is 10.5. The molecule has 0 unspecified atom stereocenters. The first-order valence-corrected chi connectivity index (χ1v) is 5.97. The van der Waals surface area contributed by atoms with Crippen molar-refractivity contribution in [2.45, 2.75) is 6.54 Å². The van der Waals surface area contributed by atoms with Crippen LogP contribution in [0.5, 0.6) is 0 Å². The summed E-state index contributed by atoms with van der Waals surface area (Å²) in [6.45, 7) is 4.00. The van der Waals surface area contributed by atoms with Crippen molar-refractivity contribution in [2.75, 3.05) is 0 Å². The van der Waals surface area contributed by atoms with E-state index in [1.807, 2.05) is 24.3 Å². The molecule has 0 bridgehead atoms. The third-order valence-electron chi connectivity index (χ3n) is 2.89. The Bertz CT molecular complexity index is 769. The van der Waals surface area contributed by atoms with Crippen LogP contribution < -0.4 is 0 Å². The lowest BCUT2D eigenvalue weighted by molar-refractivity contribution is -0.389. The predicted octanol–water partition coefficient (Wildman–Crippen LogP) is 2.52. The topological polar surface area (TPSA) is 89.6 Å². The van der Waals surface area contributed by atoms with Crippen LogP contribution in [0.1, 0.15) is 0 Å². The van der Waals surface area contributed by atoms with Crippen molar-refractivity contribution in [3.63, 3.8) is 0 Å². The molecule has 0 aliphatic rings. The Labute approximate surface area is 113 Å². The molecule has 0 radical (unpaired) electrons. The molecule has 3 rings (SSSR count). The first-order valence-electron chi connectivity index (χ1n) is 5.97. The Morgan fingerprint density at radius 1 is 1.45 bits per heavy atom. The number of aromatic amines is 1. The van der Waals surface area contributed by atoms with Crippen molar-refractivity contribution < 1.29 is 4.92 Å². The summed E-state index contributed by atoms with van der Waals surface area (Å²) in [6, 6.07) is 8.96. The van der Waals surface area contributed by atoms with Gasteiger partial charge in [-0.2, -0.15) is 4.68 Å². The van der Waals surface area contributed by atoms with Crippen LogP contribution in [-0.2, 0) is 6.54 Å². The van der Waals surface area contributed by atoms with Crippen LogP contribution >= 0.6 is 0 Å². The van der Waals surface area contributed by atoms with E-state index in [1.54, 1.807) is 6.08 Å². The van der Waals surface area contributed by atoms with E-state index in [4.69, 9.17) is 0 Å². The second kappa shape index (κ2) is 4.61. The Kier molecular flexibility index (Phi) is 2.79. The third-order valence-corrected chi connectivity index (χ3v) is 2.89. The SMILES string of the molecule is C=CCn1nc([N+](=O)[O-])cc1-c1nc2ccccc2[nH]1. The van der Waals surface area contributed by atoms with Gasteiger partial charge < -0.3 is 15.1 Å². The van der Waals surface area contributed by atoms with Crippen LogP contribution in [0, 0.1) is 10.1 Å². The summed E-state index contributed by atoms with van der Waals surface area (Å²) in [7, 11) is 0. The maximum Gasteiger partial charge on any atom is 0.390 e. The number of allylic oxidation sites excluding steroid dienone is 1. The van der Waals surface area contributed by atoms with Crippen molar-refractivity contribution in [1.82, 2.24) is 19.7 Å². The van der Waals surface area contributed by atoms with Crippen molar-refractivity contribution in [3.8, 4) is 11.5 Å². The number of para-hydroxylation sites is 2. The molecule has 100 valence electrons. The van der Waals surface area contributed by atoms with Gasteiger partial charge in [-0.05, 0) is 17.1 Å². The molecule has 1 N–H and O–H groups in total. The van der Waals surface area contributed by atoms with E-state index < -0.39 is 4.92 Å². The lowest BCUT2D eigenvalue weighted by Crippen LogP contribution is -2.01. The summed E-state index contributed by atoms with van der Waals surface area (Å²) < 4.78 is 1.50. The second-order valence-electron chi connectivity index (χ2n) is 4.22. The monoisotopic (exact) mass is 269 g/mol. The van der Waals surface area contributed by atoms with Crippen LogP contribution in [0.15, 0.2) is 43.0 Å². The van der Waals surface area contributed by atoms with Gasteiger partial charge in [0, 0.05) is 0 Å². The normalized spacial score (nSPS) is 10.8. The summed E-state index contributed by atoms with van der Waals surface area (Å²) >= 11 is 0. The Hall–Kier alpha value is -2.96. The number of H-pyrrole nitrogens is 1. The van der Waals surface area contributed by atoms with Gasteiger partial charge in [0.05, 0.1) is 28.7 Å². The number of hydrogen-bond donors (Lipinski definition) is 1. The number of nitro groups is 1. The predicted molar refractivity (Wildman–Crippen MR) is 74.2 cm³/mol. The number of benzene rings is 1. The number of rotatable bonds is 4. The van der Waals surface area contributed by atoms with Gasteiger partial charge in [-0.25, -0.2) is 4.98 Å². The molecule has 0 spiro atoms. The number of fused-ring (bicyclic) bond motifs is 1. The molecule has 2 heterocycles. The van der Waals surface area contributed by atoms with Gasteiger partial charge in [0.2, 0.25) is 0 Å². The number of aromatic nitrogens is 4. The molecule has 3 aromatic rings. The zero-order valence-corrected chi connectivity index (χ0v) is 10.5. The number of hydrogen-bond acceptors (Lipinski definition) is 4. The highest BCUT2D eigenvalue weighted by molar-refractivity contribution is 5.78. The fraction of sp³-hybridized carbons (Fsp3) is 0.0769. The molecule has 0 aliphatic carbocycles. The standard InChI is InChI=1S/C13H11N5O2/c1-2-7-17-11(8-12(16-17)18(19)20)13-14-9-5-3-4-6-10(9)15-13/h2-6,8H,1,7H2,(H,14,15). The average molecular weight is 269 g/mol. The quantitative estimate of drug-likeness (QED) is 0.447. The molecule has 0 fully saturated rings. The van der Waals surface area contributed by atoms with Gasteiger partial charge in [0.1, 0.15) is 5.69 Å². The van der Waals surface area contributed by atoms with E-state index in [1.165, 1.54) is 10.7 Å². The van der Waals surface area contributed by atoms with E-state index in [0.717, 1.165) is 11.0 Å². The van der Waals surface area contributed by atoms with Crippen LogP contribution in [0.25, 0.3) is 22.6 Å². The first-order chi connectivity index (χ1) is 9.69. The number of imidazole rings is 1. The zero-order chi connectivity index (χ0) is 14.1. The molecule has 2 aromatic heterocycles. The van der Waals surface area contributed by atoms with Gasteiger partial charge in [0.15, 0.2) is 5.82 Å². The lowest BCUT2D eigenvalue weighted by atomic mass is 10.3. The number of nitrogens with one attached hydrogen (secondary N) is 1. The molecule has 0 atom stereocenters. The number of nitrogens with zero attached hydrogens (tertiary/aromatic N) is 4. The lowest BCUT2D eigenvalue weighted by Gasteiger charge is -1.95. The average Bonchev–Trinajstić information content (AvgIpc) is 3.02. The Morgan fingerprint density at radius 2 is 2.25 bits per heavy atom. The van der Waals surface area contributed by atoms with Crippen LogP contribution in [-0.4, -0.2) is 24.7 Å². The van der Waals surface area contributed by atoms with Crippen molar-refractivity contribution in [3.05, 3.63) is 53.1 Å². The van der Waals surface area contributed by atoms with Gasteiger partial charge >= 0.3 is 5.82 Å². The highest BCUT2D eigenvalue weighted by atomic mass is 16.6. The first kappa shape index (κ1) is 12.1. The van der Waals surface area contributed by atoms with E-state index in [0.29, 0.717) is 18.1 Å². The molecular formula is C13H11N5O2. The van der Waals surface area contributed by atoms with Gasteiger partial charge in [-0.3, -0.25) is 0 Å². The summed E-state index contributed by atoms with van der Waals surface area (Å²) in [5.74, 6) is 0.343. The smallest absolute Gasteiger partial charge is 0.358 e. The molecule has 20 heavy (non-hydrogen) atoms. The van der Waals surface area contributed by atoms with Crippen LogP contribution in [0.2, 0.25) is 0 Å². The molecule has 7 heteroatoms. The van der Waals surface area contributed by atoms with E-state index >= 15 is 0 Å². The van der Waals surface area contributed by atoms with Crippen molar-refractivity contribution >= 4 is 16.9 Å². The molecule has 0 saturated heterocycles. The molecule has 0 saturated carbocycles. The fourth-order valence-corrected chi connectivity index (χ4v) is 2.02. The summed E-state index contributed by atoms with van der Waals surface area (Å²) in [5, 5.41) is 14.8. The van der Waals surface area contributed by atoms with E-state index in [-0.39, 0.29) is 5.82 Å². The highest BCUT2D eigenvalue weighted by Gasteiger charge is 2.20. The molecule has 1 aromatic carbocycles. The molecule has 0 amide bonds. The minimum absolute atomic E-state index is 0.206. The maximum absolute atomic E-state index is 10.8. The molecule has 7 nitrogen and oxygen atoms in total. The largest absolute Gasteiger partial charge is 0.390 e. The second-order valence-corrected chi connectivity index (χ2v) is 4.22. The van der Waals surface area contributed by atoms with Crippen LogP contribution in [0.3, 0.4) is 0 Å². The maximum atomic E-state index is 10.8. The highest BCUT2D eigenvalue weighted by Crippen LogP contribution is 2.24. The molecule has 0 aliphatic heterocycles. The van der Waals surface area contributed by atoms with Crippen molar-refractivity contribution in [1.29, 1.82) is 0 Å². The summed E-state index contributed by atoms with van der Waals surface area (Å²) in [5.41, 5.74) is 2.24. The van der Waals surface area contributed by atoms with Crippen molar-refractivity contribution in [2.24, 2.45) is 0 Å². The van der Waals surface area contributed by atoms with Gasteiger partial charge in [-0.15, -0.1) is 6.58 Å². The molecular weight excluding hydrogens is 258 g/mol. The van der Waals surface area contributed by atoms with Gasteiger partial charge in [-0.1, -0.05) is 18.2 Å². The van der Waals surface area contributed by atoms with Gasteiger partial charge in [0.25, 0.3) is 0 Å². The van der Waals surface area contributed by atoms with E-state index in [2.05, 4.69) is 21.6 Å². The van der Waals surface area contributed by atoms with E-state index in [9.17, 15) is 10.1 Å². The Balaban J connectivity index is 2.16. The Morgan fingerprint density at radius 3 is 2.95 bits per heavy atom. The summed E-state index contributed by atoms with van der Waals surface area (Å²) in [6.07, 6.45) is 1.63. The summed E-state index contributed by atoms with van der Waals surface area (Å²) in [4.78, 5) is 17.9. The minimum atomic E-state index is -0.522. The fourth-order valence-electron chi connectivity index (χ4n) is 2.02. The third kappa shape index (κ3) is 1.95.